The molecular weight excluding hydrogens is 260 g/mol. The molecule has 0 amide bonds. The largest absolute Gasteiger partial charge is 0.306 e. The van der Waals surface area contributed by atoms with Crippen molar-refractivity contribution in [3.8, 4) is 11.4 Å². The van der Waals surface area contributed by atoms with E-state index in [1.54, 1.807) is 0 Å². The molecule has 4 heteroatoms. The summed E-state index contributed by atoms with van der Waals surface area (Å²) in [5.41, 5.74) is 3.79. The number of aromatic nitrogens is 2. The van der Waals surface area contributed by atoms with Crippen molar-refractivity contribution >= 4 is 11.6 Å². The highest BCUT2D eigenvalue weighted by atomic mass is 35.5. The van der Waals surface area contributed by atoms with Crippen LogP contribution in [0.15, 0.2) is 23.0 Å². The van der Waals surface area contributed by atoms with Crippen molar-refractivity contribution in [1.29, 1.82) is 0 Å². The van der Waals surface area contributed by atoms with Gasteiger partial charge < -0.3 is 4.98 Å². The first-order chi connectivity index (χ1) is 9.15. The molecule has 1 N–H and O–H groups in total. The van der Waals surface area contributed by atoms with Gasteiger partial charge in [0.15, 0.2) is 0 Å². The number of halogens is 1. The molecule has 0 atom stereocenters. The molecule has 0 radical (unpaired) electrons. The highest BCUT2D eigenvalue weighted by molar-refractivity contribution is 6.30. The van der Waals surface area contributed by atoms with Crippen molar-refractivity contribution in [2.75, 3.05) is 0 Å². The van der Waals surface area contributed by atoms with Gasteiger partial charge in [-0.05, 0) is 56.4 Å². The van der Waals surface area contributed by atoms with E-state index in [0.717, 1.165) is 48.1 Å². The van der Waals surface area contributed by atoms with Gasteiger partial charge >= 0.3 is 0 Å². The molecule has 2 aromatic rings. The first kappa shape index (κ1) is 12.4. The second-order valence-electron chi connectivity index (χ2n) is 5.01. The number of hydrogen-bond acceptors (Lipinski definition) is 2. The molecular formula is C15H15ClN2O. The van der Waals surface area contributed by atoms with E-state index in [1.165, 1.54) is 0 Å². The molecule has 0 unspecified atom stereocenters. The minimum atomic E-state index is 0.00838. The molecule has 0 bridgehead atoms. The van der Waals surface area contributed by atoms with Gasteiger partial charge in [0.05, 0.1) is 5.69 Å². The van der Waals surface area contributed by atoms with Crippen molar-refractivity contribution in [2.24, 2.45) is 0 Å². The number of nitrogens with zero attached hydrogens (tertiary/aromatic N) is 1. The molecule has 0 spiro atoms. The van der Waals surface area contributed by atoms with Crippen LogP contribution in [-0.4, -0.2) is 9.97 Å². The summed E-state index contributed by atoms with van der Waals surface area (Å²) < 4.78 is 0. The predicted octanol–water partition coefficient (Wildman–Crippen LogP) is 3.28. The predicted molar refractivity (Wildman–Crippen MR) is 76.7 cm³/mol. The van der Waals surface area contributed by atoms with Gasteiger partial charge in [0.2, 0.25) is 0 Å². The van der Waals surface area contributed by atoms with Crippen LogP contribution in [0.5, 0.6) is 0 Å². The maximum atomic E-state index is 12.1. The monoisotopic (exact) mass is 274 g/mol. The van der Waals surface area contributed by atoms with Crippen LogP contribution in [-0.2, 0) is 12.8 Å². The SMILES string of the molecule is Cc1cc(Cl)ccc1-c1nc2c(c(=O)[nH]1)CCCC2. The molecule has 19 heavy (non-hydrogen) atoms. The highest BCUT2D eigenvalue weighted by Gasteiger charge is 2.16. The number of aryl methyl sites for hydroxylation is 2. The first-order valence-corrected chi connectivity index (χ1v) is 6.91. The Morgan fingerprint density at radius 2 is 2.05 bits per heavy atom. The van der Waals surface area contributed by atoms with Gasteiger partial charge in [-0.25, -0.2) is 4.98 Å². The summed E-state index contributed by atoms with van der Waals surface area (Å²) in [6.07, 6.45) is 3.94. The molecule has 0 fully saturated rings. The zero-order chi connectivity index (χ0) is 13.4. The maximum Gasteiger partial charge on any atom is 0.254 e. The number of rotatable bonds is 1. The standard InChI is InChI=1S/C15H15ClN2O/c1-9-8-10(16)6-7-11(9)14-17-13-5-3-2-4-12(13)15(19)18-14/h6-8H,2-5H2,1H3,(H,17,18,19). The van der Waals surface area contributed by atoms with E-state index in [4.69, 9.17) is 11.6 Å². The summed E-state index contributed by atoms with van der Waals surface area (Å²) in [7, 11) is 0. The number of H-pyrrole nitrogens is 1. The molecule has 0 saturated heterocycles. The topological polar surface area (TPSA) is 45.8 Å². The van der Waals surface area contributed by atoms with E-state index in [1.807, 2.05) is 25.1 Å². The molecule has 3 nitrogen and oxygen atoms in total. The minimum Gasteiger partial charge on any atom is -0.306 e. The van der Waals surface area contributed by atoms with Gasteiger partial charge in [0, 0.05) is 16.1 Å². The van der Waals surface area contributed by atoms with Gasteiger partial charge in [-0.1, -0.05) is 11.6 Å². The Hall–Kier alpha value is -1.61. The average Bonchev–Trinajstić information content (AvgIpc) is 2.38. The first-order valence-electron chi connectivity index (χ1n) is 6.54. The van der Waals surface area contributed by atoms with Crippen molar-refractivity contribution in [3.63, 3.8) is 0 Å². The second kappa shape index (κ2) is 4.82. The van der Waals surface area contributed by atoms with Crippen molar-refractivity contribution in [2.45, 2.75) is 32.6 Å². The molecule has 0 aliphatic heterocycles. The second-order valence-corrected chi connectivity index (χ2v) is 5.44. The maximum absolute atomic E-state index is 12.1. The van der Waals surface area contributed by atoms with E-state index in [-0.39, 0.29) is 5.56 Å². The Morgan fingerprint density at radius 3 is 2.84 bits per heavy atom. The van der Waals surface area contributed by atoms with E-state index in [0.29, 0.717) is 10.8 Å². The summed E-state index contributed by atoms with van der Waals surface area (Å²) in [6.45, 7) is 1.97. The van der Waals surface area contributed by atoms with E-state index in [2.05, 4.69) is 9.97 Å². The van der Waals surface area contributed by atoms with E-state index >= 15 is 0 Å². The fraction of sp³-hybridized carbons (Fsp3) is 0.333. The normalized spacial score (nSPS) is 14.2. The van der Waals surface area contributed by atoms with E-state index < -0.39 is 0 Å². The zero-order valence-electron chi connectivity index (χ0n) is 10.8. The van der Waals surface area contributed by atoms with Gasteiger partial charge in [-0.15, -0.1) is 0 Å². The summed E-state index contributed by atoms with van der Waals surface area (Å²) in [6, 6.07) is 5.62. The number of fused-ring (bicyclic) bond motifs is 1. The summed E-state index contributed by atoms with van der Waals surface area (Å²) in [5.74, 6) is 0.653. The lowest BCUT2D eigenvalue weighted by atomic mass is 9.97. The van der Waals surface area contributed by atoms with Gasteiger partial charge in [-0.3, -0.25) is 4.79 Å². The number of aromatic amines is 1. The lowest BCUT2D eigenvalue weighted by molar-refractivity contribution is 0.657. The molecule has 1 aliphatic rings. The van der Waals surface area contributed by atoms with Crippen LogP contribution < -0.4 is 5.56 Å². The third kappa shape index (κ3) is 2.30. The lowest BCUT2D eigenvalue weighted by Crippen LogP contribution is -2.21. The van der Waals surface area contributed by atoms with Crippen LogP contribution in [0.1, 0.15) is 29.7 Å². The van der Waals surface area contributed by atoms with Crippen molar-refractivity contribution < 1.29 is 0 Å². The summed E-state index contributed by atoms with van der Waals surface area (Å²) in [5, 5.41) is 0.696. The fourth-order valence-electron chi connectivity index (χ4n) is 2.62. The number of hydrogen-bond donors (Lipinski definition) is 1. The van der Waals surface area contributed by atoms with Gasteiger partial charge in [0.1, 0.15) is 5.82 Å². The smallest absolute Gasteiger partial charge is 0.254 e. The third-order valence-electron chi connectivity index (χ3n) is 3.64. The van der Waals surface area contributed by atoms with Crippen molar-refractivity contribution in [3.05, 3.63) is 50.4 Å². The summed E-state index contributed by atoms with van der Waals surface area (Å²) in [4.78, 5) is 19.7. The highest BCUT2D eigenvalue weighted by Crippen LogP contribution is 2.24. The molecule has 1 aliphatic carbocycles. The van der Waals surface area contributed by atoms with Crippen LogP contribution in [0.3, 0.4) is 0 Å². The molecule has 3 rings (SSSR count). The van der Waals surface area contributed by atoms with Crippen molar-refractivity contribution in [1.82, 2.24) is 9.97 Å². The lowest BCUT2D eigenvalue weighted by Gasteiger charge is -2.15. The molecule has 1 heterocycles. The van der Waals surface area contributed by atoms with Crippen LogP contribution in [0, 0.1) is 6.92 Å². The molecule has 1 aromatic carbocycles. The Morgan fingerprint density at radius 1 is 1.26 bits per heavy atom. The molecule has 98 valence electrons. The quantitative estimate of drug-likeness (QED) is 0.867. The third-order valence-corrected chi connectivity index (χ3v) is 3.87. The Labute approximate surface area is 116 Å². The van der Waals surface area contributed by atoms with Crippen LogP contribution >= 0.6 is 11.6 Å². The molecule has 1 aromatic heterocycles. The zero-order valence-corrected chi connectivity index (χ0v) is 11.5. The Balaban J connectivity index is 2.15. The Bertz CT molecular complexity index is 691. The van der Waals surface area contributed by atoms with Gasteiger partial charge in [0.25, 0.3) is 5.56 Å². The average molecular weight is 275 g/mol. The number of nitrogens with one attached hydrogen (secondary N) is 1. The Kier molecular flexibility index (Phi) is 3.15. The minimum absolute atomic E-state index is 0.00838. The van der Waals surface area contributed by atoms with Crippen LogP contribution in [0.2, 0.25) is 5.02 Å². The number of benzene rings is 1. The summed E-state index contributed by atoms with van der Waals surface area (Å²) >= 11 is 5.96. The van der Waals surface area contributed by atoms with E-state index in [9.17, 15) is 4.79 Å². The van der Waals surface area contributed by atoms with Crippen LogP contribution in [0.25, 0.3) is 11.4 Å². The van der Waals surface area contributed by atoms with Crippen LogP contribution in [0.4, 0.5) is 0 Å². The van der Waals surface area contributed by atoms with Gasteiger partial charge in [-0.2, -0.15) is 0 Å². The fourth-order valence-corrected chi connectivity index (χ4v) is 2.85. The molecule has 0 saturated carbocycles.